The molecule has 1 aliphatic rings. The van der Waals surface area contributed by atoms with Crippen LogP contribution in [-0.4, -0.2) is 17.8 Å². The molecule has 0 aromatic heterocycles. The molecule has 0 saturated heterocycles. The Morgan fingerprint density at radius 1 is 1.36 bits per heavy atom. The van der Waals surface area contributed by atoms with Gasteiger partial charge in [-0.1, -0.05) is 30.3 Å². The molecule has 0 bridgehead atoms. The number of alkyl halides is 1. The second-order valence-electron chi connectivity index (χ2n) is 3.32. The van der Waals surface area contributed by atoms with E-state index in [0.717, 1.165) is 11.5 Å². The summed E-state index contributed by atoms with van der Waals surface area (Å²) < 4.78 is 5.62. The number of aliphatic imine (C=N–C) groups is 1. The number of halogens is 1. The Morgan fingerprint density at radius 2 is 2.07 bits per heavy atom. The van der Waals surface area contributed by atoms with Gasteiger partial charge in [-0.2, -0.15) is 0 Å². The number of hydrogen-bond donors (Lipinski definition) is 0. The van der Waals surface area contributed by atoms with Crippen molar-refractivity contribution in [1.82, 2.24) is 0 Å². The average molecular weight is 210 g/mol. The third-order valence-corrected chi connectivity index (χ3v) is 2.60. The van der Waals surface area contributed by atoms with Crippen LogP contribution < -0.4 is 0 Å². The van der Waals surface area contributed by atoms with Gasteiger partial charge in [-0.3, -0.25) is 0 Å². The van der Waals surface area contributed by atoms with E-state index in [-0.39, 0.29) is 12.1 Å². The lowest BCUT2D eigenvalue weighted by molar-refractivity contribution is 0.201. The number of nitrogens with zero attached hydrogens (tertiary/aromatic N) is 1. The number of hydrogen-bond acceptors (Lipinski definition) is 2. The first-order valence-electron chi connectivity index (χ1n) is 4.63. The summed E-state index contributed by atoms with van der Waals surface area (Å²) in [6.07, 6.45) is -0.00583. The van der Waals surface area contributed by atoms with Crippen molar-refractivity contribution >= 4 is 17.5 Å². The normalized spacial score (nSPS) is 25.7. The predicted molar refractivity (Wildman–Crippen MR) is 57.9 cm³/mol. The topological polar surface area (TPSA) is 21.6 Å². The minimum atomic E-state index is -0.00583. The maximum Gasteiger partial charge on any atom is 0.181 e. The molecule has 0 amide bonds. The lowest BCUT2D eigenvalue weighted by atomic mass is 10.0. The second-order valence-corrected chi connectivity index (χ2v) is 3.63. The van der Waals surface area contributed by atoms with Crippen molar-refractivity contribution in [3.05, 3.63) is 35.9 Å². The molecule has 2 atom stereocenters. The minimum absolute atomic E-state index is 0.00583. The lowest BCUT2D eigenvalue weighted by Gasteiger charge is -2.15. The SMILES string of the molecule is CC1=NC(CCl)[C@H](c2ccccc2)O1. The summed E-state index contributed by atoms with van der Waals surface area (Å²) in [5.74, 6) is 1.22. The molecular weight excluding hydrogens is 198 g/mol. The zero-order valence-electron chi connectivity index (χ0n) is 7.98. The first kappa shape index (κ1) is 9.53. The van der Waals surface area contributed by atoms with Crippen LogP contribution in [0.1, 0.15) is 18.6 Å². The summed E-state index contributed by atoms with van der Waals surface area (Å²) in [5, 5.41) is 0. The molecule has 74 valence electrons. The highest BCUT2D eigenvalue weighted by Crippen LogP contribution is 2.29. The van der Waals surface area contributed by atoms with Gasteiger partial charge in [0.2, 0.25) is 0 Å². The molecule has 0 N–H and O–H groups in total. The largest absolute Gasteiger partial charge is 0.471 e. The van der Waals surface area contributed by atoms with Gasteiger partial charge in [0, 0.05) is 12.8 Å². The van der Waals surface area contributed by atoms with Crippen LogP contribution in [0, 0.1) is 0 Å². The Bertz CT molecular complexity index is 336. The van der Waals surface area contributed by atoms with Crippen molar-refractivity contribution in [1.29, 1.82) is 0 Å². The Hall–Kier alpha value is -1.02. The standard InChI is InChI=1S/C11H12ClNO/c1-8-13-10(7-12)11(14-8)9-5-3-2-4-6-9/h2-6,10-11H,7H2,1H3/t10?,11-/m0/s1. The summed E-state index contributed by atoms with van der Waals surface area (Å²) in [6, 6.07) is 10.1. The van der Waals surface area contributed by atoms with Crippen molar-refractivity contribution in [3.8, 4) is 0 Å². The summed E-state index contributed by atoms with van der Waals surface area (Å²) in [7, 11) is 0. The molecule has 0 radical (unpaired) electrons. The summed E-state index contributed by atoms with van der Waals surface area (Å²) >= 11 is 5.83. The maximum absolute atomic E-state index is 5.83. The Labute approximate surface area is 88.6 Å². The van der Waals surface area contributed by atoms with E-state index in [0.29, 0.717) is 5.88 Å². The van der Waals surface area contributed by atoms with Crippen LogP contribution in [0.15, 0.2) is 35.3 Å². The average Bonchev–Trinajstić information content (AvgIpc) is 2.61. The summed E-state index contributed by atoms with van der Waals surface area (Å²) in [6.45, 7) is 1.86. The molecular formula is C11H12ClNO. The monoisotopic (exact) mass is 209 g/mol. The van der Waals surface area contributed by atoms with E-state index in [1.54, 1.807) is 0 Å². The molecule has 0 saturated carbocycles. The fourth-order valence-corrected chi connectivity index (χ4v) is 1.87. The Kier molecular flexibility index (Phi) is 2.73. The summed E-state index contributed by atoms with van der Waals surface area (Å²) in [5.41, 5.74) is 1.14. The lowest BCUT2D eigenvalue weighted by Crippen LogP contribution is -2.15. The van der Waals surface area contributed by atoms with E-state index in [1.807, 2.05) is 37.3 Å². The van der Waals surface area contributed by atoms with Crippen molar-refractivity contribution in [3.63, 3.8) is 0 Å². The van der Waals surface area contributed by atoms with Crippen LogP contribution in [0.4, 0.5) is 0 Å². The van der Waals surface area contributed by atoms with Gasteiger partial charge in [-0.25, -0.2) is 4.99 Å². The quantitative estimate of drug-likeness (QED) is 0.687. The molecule has 0 fully saturated rings. The van der Waals surface area contributed by atoms with Crippen molar-refractivity contribution in [2.24, 2.45) is 4.99 Å². The van der Waals surface area contributed by atoms with E-state index < -0.39 is 0 Å². The van der Waals surface area contributed by atoms with Gasteiger partial charge >= 0.3 is 0 Å². The molecule has 3 heteroatoms. The highest BCUT2D eigenvalue weighted by Gasteiger charge is 2.29. The number of ether oxygens (including phenoxy) is 1. The smallest absolute Gasteiger partial charge is 0.181 e. The van der Waals surface area contributed by atoms with Gasteiger partial charge in [0.05, 0.1) is 0 Å². The zero-order valence-corrected chi connectivity index (χ0v) is 8.74. The van der Waals surface area contributed by atoms with Crippen LogP contribution in [0.5, 0.6) is 0 Å². The van der Waals surface area contributed by atoms with Crippen LogP contribution in [0.2, 0.25) is 0 Å². The van der Waals surface area contributed by atoms with E-state index in [4.69, 9.17) is 16.3 Å². The highest BCUT2D eigenvalue weighted by molar-refractivity contribution is 6.18. The maximum atomic E-state index is 5.83. The molecule has 1 unspecified atom stereocenters. The van der Waals surface area contributed by atoms with E-state index in [2.05, 4.69) is 4.99 Å². The predicted octanol–water partition coefficient (Wildman–Crippen LogP) is 2.78. The van der Waals surface area contributed by atoms with Crippen LogP contribution in [0.25, 0.3) is 0 Å². The Balaban J connectivity index is 2.21. The van der Waals surface area contributed by atoms with Crippen LogP contribution >= 0.6 is 11.6 Å². The van der Waals surface area contributed by atoms with E-state index in [1.165, 1.54) is 0 Å². The molecule has 0 aliphatic carbocycles. The molecule has 1 aliphatic heterocycles. The molecule has 2 rings (SSSR count). The number of rotatable bonds is 2. The first-order chi connectivity index (χ1) is 6.81. The molecule has 1 heterocycles. The molecule has 1 aromatic rings. The van der Waals surface area contributed by atoms with Crippen molar-refractivity contribution < 1.29 is 4.74 Å². The van der Waals surface area contributed by atoms with Gasteiger partial charge in [-0.05, 0) is 5.56 Å². The molecule has 1 aromatic carbocycles. The molecule has 0 spiro atoms. The van der Waals surface area contributed by atoms with E-state index in [9.17, 15) is 0 Å². The van der Waals surface area contributed by atoms with Gasteiger partial charge in [0.25, 0.3) is 0 Å². The fraction of sp³-hybridized carbons (Fsp3) is 0.364. The van der Waals surface area contributed by atoms with Gasteiger partial charge in [-0.15, -0.1) is 11.6 Å². The third kappa shape index (κ3) is 1.75. The third-order valence-electron chi connectivity index (χ3n) is 2.28. The minimum Gasteiger partial charge on any atom is -0.471 e. The summed E-state index contributed by atoms with van der Waals surface area (Å²) in [4.78, 5) is 4.33. The first-order valence-corrected chi connectivity index (χ1v) is 5.16. The molecule has 2 nitrogen and oxygen atoms in total. The van der Waals surface area contributed by atoms with Crippen LogP contribution in [0.3, 0.4) is 0 Å². The van der Waals surface area contributed by atoms with Gasteiger partial charge in [0.15, 0.2) is 5.90 Å². The van der Waals surface area contributed by atoms with E-state index >= 15 is 0 Å². The zero-order chi connectivity index (χ0) is 9.97. The van der Waals surface area contributed by atoms with Crippen molar-refractivity contribution in [2.45, 2.75) is 19.1 Å². The van der Waals surface area contributed by atoms with Gasteiger partial charge < -0.3 is 4.74 Å². The van der Waals surface area contributed by atoms with Crippen molar-refractivity contribution in [2.75, 3.05) is 5.88 Å². The van der Waals surface area contributed by atoms with Gasteiger partial charge in [0.1, 0.15) is 12.1 Å². The Morgan fingerprint density at radius 3 is 2.71 bits per heavy atom. The fourth-order valence-electron chi connectivity index (χ4n) is 1.64. The van der Waals surface area contributed by atoms with Crippen LogP contribution in [-0.2, 0) is 4.74 Å². The second kappa shape index (κ2) is 4.01. The highest BCUT2D eigenvalue weighted by atomic mass is 35.5. The number of benzene rings is 1. The molecule has 14 heavy (non-hydrogen) atoms.